The number of likely N-dealkylation sites (tertiary alicyclic amines) is 1. The number of hydrogen-bond donors (Lipinski definition) is 1. The fourth-order valence-corrected chi connectivity index (χ4v) is 2.85. The molecule has 1 rings (SSSR count). The van der Waals surface area contributed by atoms with E-state index in [-0.39, 0.29) is 12.5 Å². The summed E-state index contributed by atoms with van der Waals surface area (Å²) in [5.74, 6) is -0.828. The number of amides is 1. The standard InChI is InChI=1S/C15H28N2O3/c1-5-12-9-7-8-10-17(12)13(18)11-16(6-2)15(3,4)14(19)20/h12H,5-11H2,1-4H3,(H,19,20). The van der Waals surface area contributed by atoms with Gasteiger partial charge in [0.25, 0.3) is 0 Å². The summed E-state index contributed by atoms with van der Waals surface area (Å²) in [5.41, 5.74) is -1.01. The lowest BCUT2D eigenvalue weighted by molar-refractivity contribution is -0.151. The zero-order valence-electron chi connectivity index (χ0n) is 13.2. The number of carboxylic acids is 1. The topological polar surface area (TPSA) is 60.9 Å². The molecule has 1 aliphatic rings. The molecule has 0 aliphatic carbocycles. The lowest BCUT2D eigenvalue weighted by Crippen LogP contribution is -2.55. The third-order valence-electron chi connectivity index (χ3n) is 4.44. The first-order chi connectivity index (χ1) is 9.34. The minimum Gasteiger partial charge on any atom is -0.480 e. The quantitative estimate of drug-likeness (QED) is 0.810. The highest BCUT2D eigenvalue weighted by Crippen LogP contribution is 2.21. The molecule has 5 nitrogen and oxygen atoms in total. The Hall–Kier alpha value is -1.10. The molecule has 0 spiro atoms. The molecule has 0 bridgehead atoms. The van der Waals surface area contributed by atoms with Crippen LogP contribution in [0.2, 0.25) is 0 Å². The molecule has 0 aromatic heterocycles. The van der Waals surface area contributed by atoms with Crippen LogP contribution in [0.15, 0.2) is 0 Å². The van der Waals surface area contributed by atoms with Gasteiger partial charge in [-0.2, -0.15) is 0 Å². The van der Waals surface area contributed by atoms with Crippen LogP contribution in [0, 0.1) is 0 Å². The number of carbonyl (C=O) groups excluding carboxylic acids is 1. The van der Waals surface area contributed by atoms with E-state index in [1.165, 1.54) is 6.42 Å². The van der Waals surface area contributed by atoms with Crippen LogP contribution in [0.1, 0.15) is 53.4 Å². The van der Waals surface area contributed by atoms with Gasteiger partial charge in [-0.05, 0) is 46.1 Å². The summed E-state index contributed by atoms with van der Waals surface area (Å²) in [5, 5.41) is 9.30. The number of likely N-dealkylation sites (N-methyl/N-ethyl adjacent to an activating group) is 1. The minimum atomic E-state index is -1.01. The summed E-state index contributed by atoms with van der Waals surface area (Å²) in [6, 6.07) is 0.322. The van der Waals surface area contributed by atoms with Crippen LogP contribution in [-0.4, -0.2) is 58.0 Å². The van der Waals surface area contributed by atoms with Gasteiger partial charge in [0.1, 0.15) is 5.54 Å². The molecule has 116 valence electrons. The fraction of sp³-hybridized carbons (Fsp3) is 0.867. The third kappa shape index (κ3) is 3.72. The van der Waals surface area contributed by atoms with Gasteiger partial charge in [0.2, 0.25) is 5.91 Å². The first-order valence-electron chi connectivity index (χ1n) is 7.62. The van der Waals surface area contributed by atoms with E-state index in [0.717, 1.165) is 25.8 Å². The highest BCUT2D eigenvalue weighted by Gasteiger charge is 2.36. The van der Waals surface area contributed by atoms with Crippen molar-refractivity contribution in [1.82, 2.24) is 9.80 Å². The molecule has 0 aromatic carbocycles. The Morgan fingerprint density at radius 1 is 1.30 bits per heavy atom. The van der Waals surface area contributed by atoms with E-state index in [9.17, 15) is 14.7 Å². The molecule has 0 radical (unpaired) electrons. The molecule has 1 fully saturated rings. The molecule has 0 saturated carbocycles. The van der Waals surface area contributed by atoms with E-state index in [4.69, 9.17) is 0 Å². The van der Waals surface area contributed by atoms with Gasteiger partial charge in [-0.25, -0.2) is 0 Å². The Bertz CT molecular complexity index is 355. The van der Waals surface area contributed by atoms with Crippen molar-refractivity contribution in [2.75, 3.05) is 19.6 Å². The van der Waals surface area contributed by atoms with E-state index in [1.807, 2.05) is 11.8 Å². The smallest absolute Gasteiger partial charge is 0.323 e. The largest absolute Gasteiger partial charge is 0.480 e. The molecular formula is C15H28N2O3. The van der Waals surface area contributed by atoms with Crippen molar-refractivity contribution in [3.63, 3.8) is 0 Å². The van der Waals surface area contributed by atoms with Crippen molar-refractivity contribution in [3.05, 3.63) is 0 Å². The van der Waals surface area contributed by atoms with Gasteiger partial charge < -0.3 is 10.0 Å². The average Bonchev–Trinajstić information content (AvgIpc) is 2.43. The average molecular weight is 284 g/mol. The maximum Gasteiger partial charge on any atom is 0.323 e. The first kappa shape index (κ1) is 17.0. The molecule has 1 amide bonds. The molecular weight excluding hydrogens is 256 g/mol. The number of rotatable bonds is 6. The predicted octanol–water partition coefficient (Wildman–Crippen LogP) is 1.96. The fourth-order valence-electron chi connectivity index (χ4n) is 2.85. The van der Waals surface area contributed by atoms with E-state index in [1.54, 1.807) is 18.7 Å². The predicted molar refractivity (Wildman–Crippen MR) is 78.6 cm³/mol. The van der Waals surface area contributed by atoms with Crippen molar-refractivity contribution in [2.45, 2.75) is 65.0 Å². The van der Waals surface area contributed by atoms with Crippen LogP contribution in [-0.2, 0) is 9.59 Å². The second kappa shape index (κ2) is 7.07. The summed E-state index contributed by atoms with van der Waals surface area (Å²) in [4.78, 5) is 27.5. The number of aliphatic carboxylic acids is 1. The third-order valence-corrected chi connectivity index (χ3v) is 4.44. The van der Waals surface area contributed by atoms with Gasteiger partial charge in [-0.3, -0.25) is 14.5 Å². The highest BCUT2D eigenvalue weighted by molar-refractivity contribution is 5.82. The Kier molecular flexibility index (Phi) is 5.99. The minimum absolute atomic E-state index is 0.0627. The molecule has 1 aliphatic heterocycles. The van der Waals surface area contributed by atoms with Crippen LogP contribution in [0.25, 0.3) is 0 Å². The Labute approximate surface area is 121 Å². The van der Waals surface area contributed by atoms with Crippen molar-refractivity contribution in [3.8, 4) is 0 Å². The number of carboxylic acid groups (broad SMARTS) is 1. The Morgan fingerprint density at radius 3 is 2.45 bits per heavy atom. The number of carbonyl (C=O) groups is 2. The molecule has 1 atom stereocenters. The zero-order valence-corrected chi connectivity index (χ0v) is 13.2. The Morgan fingerprint density at radius 2 is 1.95 bits per heavy atom. The molecule has 1 saturated heterocycles. The van der Waals surface area contributed by atoms with E-state index < -0.39 is 11.5 Å². The van der Waals surface area contributed by atoms with Gasteiger partial charge in [0.05, 0.1) is 6.54 Å². The second-order valence-corrected chi connectivity index (χ2v) is 6.02. The highest BCUT2D eigenvalue weighted by atomic mass is 16.4. The molecule has 20 heavy (non-hydrogen) atoms. The maximum atomic E-state index is 12.5. The normalized spacial score (nSPS) is 20.2. The lowest BCUT2D eigenvalue weighted by Gasteiger charge is -2.39. The van der Waals surface area contributed by atoms with Crippen molar-refractivity contribution in [1.29, 1.82) is 0 Å². The summed E-state index contributed by atoms with van der Waals surface area (Å²) in [7, 11) is 0. The lowest BCUT2D eigenvalue weighted by atomic mass is 9.99. The van der Waals surface area contributed by atoms with Gasteiger partial charge in [-0.15, -0.1) is 0 Å². The monoisotopic (exact) mass is 284 g/mol. The van der Waals surface area contributed by atoms with Crippen LogP contribution in [0.5, 0.6) is 0 Å². The van der Waals surface area contributed by atoms with Crippen molar-refractivity contribution >= 4 is 11.9 Å². The number of nitrogens with zero attached hydrogens (tertiary/aromatic N) is 2. The van der Waals surface area contributed by atoms with E-state index >= 15 is 0 Å². The molecule has 1 unspecified atom stereocenters. The summed E-state index contributed by atoms with van der Waals surface area (Å²) in [6.45, 7) is 8.85. The van der Waals surface area contributed by atoms with E-state index in [2.05, 4.69) is 6.92 Å². The van der Waals surface area contributed by atoms with Gasteiger partial charge in [0.15, 0.2) is 0 Å². The van der Waals surface area contributed by atoms with Crippen LogP contribution in [0.4, 0.5) is 0 Å². The molecule has 5 heteroatoms. The molecule has 1 N–H and O–H groups in total. The SMILES string of the molecule is CCC1CCCCN1C(=O)CN(CC)C(C)(C)C(=O)O. The number of piperidine rings is 1. The van der Waals surface area contributed by atoms with E-state index in [0.29, 0.717) is 12.6 Å². The summed E-state index contributed by atoms with van der Waals surface area (Å²) in [6.07, 6.45) is 4.27. The van der Waals surface area contributed by atoms with Crippen LogP contribution >= 0.6 is 0 Å². The van der Waals surface area contributed by atoms with Crippen molar-refractivity contribution in [2.24, 2.45) is 0 Å². The van der Waals surface area contributed by atoms with Gasteiger partial charge in [-0.1, -0.05) is 13.8 Å². The summed E-state index contributed by atoms with van der Waals surface area (Å²) < 4.78 is 0. The first-order valence-corrected chi connectivity index (χ1v) is 7.62. The van der Waals surface area contributed by atoms with Gasteiger partial charge in [0, 0.05) is 12.6 Å². The van der Waals surface area contributed by atoms with Crippen molar-refractivity contribution < 1.29 is 14.7 Å². The molecule has 0 aromatic rings. The number of hydrogen-bond acceptors (Lipinski definition) is 3. The van der Waals surface area contributed by atoms with Gasteiger partial charge >= 0.3 is 5.97 Å². The Balaban J connectivity index is 2.74. The molecule has 1 heterocycles. The second-order valence-electron chi connectivity index (χ2n) is 6.02. The summed E-state index contributed by atoms with van der Waals surface area (Å²) >= 11 is 0. The maximum absolute atomic E-state index is 12.5. The zero-order chi connectivity index (χ0) is 15.3. The van der Waals surface area contributed by atoms with Crippen LogP contribution < -0.4 is 0 Å². The van der Waals surface area contributed by atoms with Crippen LogP contribution in [0.3, 0.4) is 0 Å².